The predicted octanol–water partition coefficient (Wildman–Crippen LogP) is 5.92. The Labute approximate surface area is 347 Å². The number of aliphatic hydroxyl groups excluding tert-OH is 2. The van der Waals surface area contributed by atoms with Crippen molar-refractivity contribution in [2.24, 2.45) is 5.92 Å². The fourth-order valence-electron chi connectivity index (χ4n) is 9.40. The van der Waals surface area contributed by atoms with Crippen LogP contribution in [0.25, 0.3) is 0 Å². The number of amides is 3. The molecule has 13 heteroatoms. The minimum atomic E-state index is -3.15. The van der Waals surface area contributed by atoms with Crippen molar-refractivity contribution < 1.29 is 38.9 Å². The van der Waals surface area contributed by atoms with Gasteiger partial charge in [0.25, 0.3) is 5.91 Å². The van der Waals surface area contributed by atoms with Crippen molar-refractivity contribution in [3.05, 3.63) is 114 Å². The third-order valence-corrected chi connectivity index (χ3v) is 14.5. The van der Waals surface area contributed by atoms with Crippen LogP contribution in [0.3, 0.4) is 0 Å². The van der Waals surface area contributed by atoms with Crippen molar-refractivity contribution in [3.8, 4) is 5.75 Å². The fraction of sp³-hybridized carbons (Fsp3) is 0.413. The van der Waals surface area contributed by atoms with Gasteiger partial charge in [-0.2, -0.15) is 0 Å². The van der Waals surface area contributed by atoms with Crippen LogP contribution in [-0.4, -0.2) is 91.0 Å². The standard InChI is InChI=1S/C46H56N4O8Si/c1-5-57-36-19-21-39-33(26-36)27-38(47-22-12-13-24-51)44(54)49(39)35-18-20-40-37(28-35)46(45(55)50(40)34-16-10-7-11-17-34)31(2)43(59(3,4)56)41(58-46)29-42(53)48(23-25-52)30-32-14-8-6-9-15-32/h6-11,14-21,26,28,31,38,41,43,47,51-52,56H,5,12-13,22-25,27,29-30H2,1-4H3/t31-,38?,41+,43-,46+/m1/s1. The molecule has 1 fully saturated rings. The Bertz CT molecular complexity index is 2130. The van der Waals surface area contributed by atoms with Gasteiger partial charge in [-0.05, 0) is 105 Å². The molecule has 312 valence electrons. The maximum atomic E-state index is 15.3. The Morgan fingerprint density at radius 1 is 0.915 bits per heavy atom. The molecule has 1 saturated heterocycles. The van der Waals surface area contributed by atoms with Gasteiger partial charge >= 0.3 is 0 Å². The van der Waals surface area contributed by atoms with Gasteiger partial charge in [0.15, 0.2) is 13.9 Å². The molecule has 0 radical (unpaired) electrons. The Hall–Kier alpha value is -4.89. The summed E-state index contributed by atoms with van der Waals surface area (Å²) in [4.78, 5) is 61.1. The predicted molar refractivity (Wildman–Crippen MR) is 229 cm³/mol. The lowest BCUT2D eigenvalue weighted by molar-refractivity contribution is -0.149. The van der Waals surface area contributed by atoms with E-state index in [1.807, 2.05) is 124 Å². The van der Waals surface area contributed by atoms with Gasteiger partial charge in [-0.25, -0.2) is 0 Å². The van der Waals surface area contributed by atoms with Crippen molar-refractivity contribution in [2.45, 2.75) is 82.5 Å². The zero-order valence-corrected chi connectivity index (χ0v) is 35.3. The molecule has 4 aromatic rings. The summed E-state index contributed by atoms with van der Waals surface area (Å²) in [6, 6.07) is 29.7. The summed E-state index contributed by atoms with van der Waals surface area (Å²) in [5.74, 6) is -0.598. The van der Waals surface area contributed by atoms with E-state index in [-0.39, 0.29) is 43.9 Å². The second-order valence-corrected chi connectivity index (χ2v) is 20.3. The van der Waals surface area contributed by atoms with Gasteiger partial charge in [0.2, 0.25) is 11.8 Å². The number of para-hydroxylation sites is 1. The molecule has 5 atom stereocenters. The normalized spacial score (nSPS) is 22.5. The molecule has 1 unspecified atom stereocenters. The largest absolute Gasteiger partial charge is 0.494 e. The molecule has 3 aliphatic heterocycles. The highest BCUT2D eigenvalue weighted by Crippen LogP contribution is 2.61. The molecular weight excluding hydrogens is 765 g/mol. The van der Waals surface area contributed by atoms with Gasteiger partial charge < -0.3 is 34.7 Å². The number of ether oxygens (including phenoxy) is 2. The van der Waals surface area contributed by atoms with Gasteiger partial charge in [-0.1, -0.05) is 55.5 Å². The number of anilines is 4. The summed E-state index contributed by atoms with van der Waals surface area (Å²) in [5.41, 5.74) is 2.76. The number of nitrogens with zero attached hydrogens (tertiary/aromatic N) is 3. The van der Waals surface area contributed by atoms with Crippen molar-refractivity contribution in [1.29, 1.82) is 0 Å². The number of carbonyl (C=O) groups excluding carboxylic acids is 3. The van der Waals surface area contributed by atoms with Crippen LogP contribution in [-0.2, 0) is 37.7 Å². The molecule has 3 heterocycles. The quantitative estimate of drug-likeness (QED) is 0.0798. The number of hydrogen-bond acceptors (Lipinski definition) is 9. The van der Waals surface area contributed by atoms with E-state index in [0.717, 1.165) is 11.1 Å². The SMILES string of the molecule is CCOc1ccc2c(c1)CC(NCCCCO)C(=O)N2c1ccc2c(c1)[C@]1(O[C@@H](CC(=O)N(CCO)Cc3ccccc3)[C@H]([Si](C)(C)O)[C@H]1C)C(=O)N2c1ccccc1. The molecule has 4 N–H and O–H groups in total. The van der Waals surface area contributed by atoms with Crippen LogP contribution in [0.15, 0.2) is 97.1 Å². The van der Waals surface area contributed by atoms with E-state index >= 15 is 4.79 Å². The van der Waals surface area contributed by atoms with Crippen molar-refractivity contribution in [3.63, 3.8) is 0 Å². The van der Waals surface area contributed by atoms with E-state index in [9.17, 15) is 24.6 Å². The number of nitrogens with one attached hydrogen (secondary N) is 1. The minimum absolute atomic E-state index is 0.0729. The van der Waals surface area contributed by atoms with Crippen LogP contribution >= 0.6 is 0 Å². The van der Waals surface area contributed by atoms with E-state index in [2.05, 4.69) is 5.32 Å². The number of hydrogen-bond donors (Lipinski definition) is 4. The van der Waals surface area contributed by atoms with Crippen LogP contribution in [0.5, 0.6) is 5.75 Å². The van der Waals surface area contributed by atoms with E-state index < -0.39 is 37.5 Å². The number of rotatable bonds is 16. The number of benzene rings is 4. The van der Waals surface area contributed by atoms with Crippen LogP contribution in [0.2, 0.25) is 18.6 Å². The molecule has 59 heavy (non-hydrogen) atoms. The van der Waals surface area contributed by atoms with E-state index in [1.165, 1.54) is 0 Å². The van der Waals surface area contributed by atoms with E-state index in [1.54, 1.807) is 14.7 Å². The molecule has 12 nitrogen and oxygen atoms in total. The van der Waals surface area contributed by atoms with Gasteiger partial charge in [-0.15, -0.1) is 0 Å². The first-order valence-electron chi connectivity index (χ1n) is 20.7. The molecule has 0 aliphatic carbocycles. The summed E-state index contributed by atoms with van der Waals surface area (Å²) in [5, 5.41) is 22.8. The molecular formula is C46H56N4O8Si. The molecule has 3 aliphatic rings. The summed E-state index contributed by atoms with van der Waals surface area (Å²) in [6.07, 6.45) is 0.856. The molecule has 7 rings (SSSR count). The summed E-state index contributed by atoms with van der Waals surface area (Å²) in [7, 11) is -3.15. The Kier molecular flexibility index (Phi) is 12.7. The lowest BCUT2D eigenvalue weighted by Crippen LogP contribution is -2.49. The molecule has 0 aromatic heterocycles. The van der Waals surface area contributed by atoms with Crippen LogP contribution in [0.4, 0.5) is 22.7 Å². The monoisotopic (exact) mass is 820 g/mol. The first-order chi connectivity index (χ1) is 28.4. The second kappa shape index (κ2) is 17.8. The second-order valence-electron chi connectivity index (χ2n) is 16.3. The van der Waals surface area contributed by atoms with Crippen molar-refractivity contribution >= 4 is 48.8 Å². The van der Waals surface area contributed by atoms with E-state index in [0.29, 0.717) is 73.0 Å². The zero-order chi connectivity index (χ0) is 41.9. The molecule has 0 saturated carbocycles. The highest BCUT2D eigenvalue weighted by molar-refractivity contribution is 6.71. The third-order valence-electron chi connectivity index (χ3n) is 12.0. The highest BCUT2D eigenvalue weighted by atomic mass is 28.4. The Morgan fingerprint density at radius 3 is 2.31 bits per heavy atom. The van der Waals surface area contributed by atoms with Crippen molar-refractivity contribution in [2.75, 3.05) is 42.7 Å². The molecule has 4 aromatic carbocycles. The number of fused-ring (bicyclic) bond motifs is 3. The Balaban J connectivity index is 1.33. The summed E-state index contributed by atoms with van der Waals surface area (Å²) in [6.45, 7) is 8.81. The number of unbranched alkanes of at least 4 members (excludes halogenated alkanes) is 1. The maximum Gasteiger partial charge on any atom is 0.268 e. The van der Waals surface area contributed by atoms with Crippen molar-refractivity contribution in [1.82, 2.24) is 10.2 Å². The third kappa shape index (κ3) is 8.19. The summed E-state index contributed by atoms with van der Waals surface area (Å²) >= 11 is 0. The topological polar surface area (TPSA) is 152 Å². The Morgan fingerprint density at radius 2 is 1.63 bits per heavy atom. The first kappa shape index (κ1) is 42.2. The van der Waals surface area contributed by atoms with Crippen LogP contribution in [0.1, 0.15) is 49.8 Å². The first-order valence-corrected chi connectivity index (χ1v) is 23.8. The van der Waals surface area contributed by atoms with Crippen LogP contribution in [0, 0.1) is 5.92 Å². The molecule has 1 spiro atoms. The maximum absolute atomic E-state index is 15.3. The summed E-state index contributed by atoms with van der Waals surface area (Å²) < 4.78 is 13.0. The van der Waals surface area contributed by atoms with Gasteiger partial charge in [0, 0.05) is 48.1 Å². The lowest BCUT2D eigenvalue weighted by Gasteiger charge is -2.36. The molecule has 0 bridgehead atoms. The van der Waals surface area contributed by atoms with E-state index in [4.69, 9.17) is 9.47 Å². The lowest BCUT2D eigenvalue weighted by atomic mass is 9.82. The number of carbonyl (C=O) groups is 3. The highest BCUT2D eigenvalue weighted by Gasteiger charge is 2.67. The van der Waals surface area contributed by atoms with Gasteiger partial charge in [0.05, 0.1) is 43.2 Å². The molecule has 3 amide bonds. The smallest absolute Gasteiger partial charge is 0.268 e. The fourth-order valence-corrected chi connectivity index (χ4v) is 12.0. The average Bonchev–Trinajstić information content (AvgIpc) is 3.66. The minimum Gasteiger partial charge on any atom is -0.494 e. The van der Waals surface area contributed by atoms with Gasteiger partial charge in [-0.3, -0.25) is 24.2 Å². The average molecular weight is 821 g/mol. The van der Waals surface area contributed by atoms with Crippen LogP contribution < -0.4 is 19.9 Å². The zero-order valence-electron chi connectivity index (χ0n) is 34.3. The number of aliphatic hydroxyl groups is 2. The van der Waals surface area contributed by atoms with Gasteiger partial charge in [0.1, 0.15) is 5.75 Å².